The Bertz CT molecular complexity index is 1020. The van der Waals surface area contributed by atoms with E-state index in [0.29, 0.717) is 41.3 Å². The highest BCUT2D eigenvalue weighted by molar-refractivity contribution is 6.30. The summed E-state index contributed by atoms with van der Waals surface area (Å²) in [4.78, 5) is 50.6. The summed E-state index contributed by atoms with van der Waals surface area (Å²) in [5, 5.41) is 5.86. The lowest BCUT2D eigenvalue weighted by atomic mass is 9.97. The van der Waals surface area contributed by atoms with Gasteiger partial charge in [-0.2, -0.15) is 0 Å². The van der Waals surface area contributed by atoms with E-state index in [-0.39, 0.29) is 18.4 Å². The van der Waals surface area contributed by atoms with Crippen LogP contribution in [-0.2, 0) is 19.1 Å². The van der Waals surface area contributed by atoms with E-state index in [1.807, 2.05) is 0 Å². The molecule has 2 atom stereocenters. The molecule has 1 fully saturated rings. The van der Waals surface area contributed by atoms with Crippen LogP contribution in [0.25, 0.3) is 0 Å². The van der Waals surface area contributed by atoms with Crippen LogP contribution in [-0.4, -0.2) is 47.8 Å². The molecule has 0 aliphatic carbocycles. The van der Waals surface area contributed by atoms with E-state index in [9.17, 15) is 19.2 Å². The Balaban J connectivity index is 1.52. The first-order valence-electron chi connectivity index (χ1n) is 10.7. The molecule has 3 rings (SSSR count). The largest absolute Gasteiger partial charge is 0.452 e. The van der Waals surface area contributed by atoms with Crippen LogP contribution in [0.5, 0.6) is 0 Å². The molecule has 0 spiro atoms. The van der Waals surface area contributed by atoms with Crippen molar-refractivity contribution in [3.63, 3.8) is 0 Å². The van der Waals surface area contributed by atoms with E-state index in [1.54, 1.807) is 53.4 Å². The van der Waals surface area contributed by atoms with Gasteiger partial charge in [-0.15, -0.1) is 0 Å². The minimum atomic E-state index is -1.00. The standard InChI is InChI=1S/C24H26ClN3O5/c1-15(22(30)27-21-11-9-20(10-12-21)26-16(2)29)33-24(32)18-4-3-13-28(14-18)23(31)17-5-7-19(25)8-6-17/h5-12,15,18H,3-4,13-14H2,1-2H3,(H,26,29)(H,27,30). The van der Waals surface area contributed by atoms with Gasteiger partial charge in [0.05, 0.1) is 5.92 Å². The van der Waals surface area contributed by atoms with E-state index in [0.717, 1.165) is 0 Å². The van der Waals surface area contributed by atoms with Crippen molar-refractivity contribution in [2.24, 2.45) is 5.92 Å². The zero-order valence-corrected chi connectivity index (χ0v) is 19.2. The van der Waals surface area contributed by atoms with Crippen LogP contribution >= 0.6 is 11.6 Å². The minimum absolute atomic E-state index is 0.169. The molecule has 3 amide bonds. The Kier molecular flexibility index (Phi) is 8.06. The SMILES string of the molecule is CC(=O)Nc1ccc(NC(=O)C(C)OC(=O)C2CCCN(C(=O)c3ccc(Cl)cc3)C2)cc1. The molecule has 1 aliphatic heterocycles. The van der Waals surface area contributed by atoms with Crippen LogP contribution in [0, 0.1) is 5.92 Å². The zero-order valence-electron chi connectivity index (χ0n) is 18.5. The Morgan fingerprint density at radius 2 is 1.61 bits per heavy atom. The van der Waals surface area contributed by atoms with Gasteiger partial charge in [-0.05, 0) is 68.3 Å². The number of carbonyl (C=O) groups excluding carboxylic acids is 4. The second kappa shape index (κ2) is 11.0. The molecule has 1 aliphatic rings. The molecule has 0 radical (unpaired) electrons. The lowest BCUT2D eigenvalue weighted by Crippen LogP contribution is -2.44. The van der Waals surface area contributed by atoms with Gasteiger partial charge in [0, 0.05) is 42.0 Å². The van der Waals surface area contributed by atoms with Crippen molar-refractivity contribution < 1.29 is 23.9 Å². The molecule has 2 unspecified atom stereocenters. The number of benzene rings is 2. The van der Waals surface area contributed by atoms with Gasteiger partial charge in [-0.3, -0.25) is 19.2 Å². The average Bonchev–Trinajstić information content (AvgIpc) is 2.80. The molecule has 9 heteroatoms. The maximum atomic E-state index is 12.7. The fraction of sp³-hybridized carbons (Fsp3) is 0.333. The van der Waals surface area contributed by atoms with Crippen LogP contribution in [0.1, 0.15) is 37.0 Å². The summed E-state index contributed by atoms with van der Waals surface area (Å²) in [6.07, 6.45) is 0.248. The number of carbonyl (C=O) groups is 4. The average molecular weight is 472 g/mol. The van der Waals surface area contributed by atoms with E-state index in [4.69, 9.17) is 16.3 Å². The Hall–Kier alpha value is -3.39. The lowest BCUT2D eigenvalue weighted by molar-refractivity contribution is -0.158. The number of rotatable bonds is 6. The van der Waals surface area contributed by atoms with Crippen LogP contribution in [0.3, 0.4) is 0 Å². The number of piperidine rings is 1. The summed E-state index contributed by atoms with van der Waals surface area (Å²) < 4.78 is 5.39. The number of amides is 3. The van der Waals surface area contributed by atoms with E-state index < -0.39 is 23.9 Å². The van der Waals surface area contributed by atoms with Gasteiger partial charge >= 0.3 is 5.97 Å². The molecule has 33 heavy (non-hydrogen) atoms. The number of anilines is 2. The van der Waals surface area contributed by atoms with Gasteiger partial charge in [0.1, 0.15) is 0 Å². The van der Waals surface area contributed by atoms with Gasteiger partial charge in [0.25, 0.3) is 11.8 Å². The fourth-order valence-electron chi connectivity index (χ4n) is 3.54. The van der Waals surface area contributed by atoms with Crippen molar-refractivity contribution >= 4 is 46.7 Å². The zero-order chi connectivity index (χ0) is 24.0. The predicted molar refractivity (Wildman–Crippen MR) is 125 cm³/mol. The monoisotopic (exact) mass is 471 g/mol. The topological polar surface area (TPSA) is 105 Å². The summed E-state index contributed by atoms with van der Waals surface area (Å²) in [6.45, 7) is 3.69. The van der Waals surface area contributed by atoms with Crippen molar-refractivity contribution in [3.8, 4) is 0 Å². The molecule has 2 aromatic carbocycles. The van der Waals surface area contributed by atoms with Gasteiger partial charge < -0.3 is 20.3 Å². The molecule has 1 heterocycles. The number of hydrogen-bond donors (Lipinski definition) is 2. The molecular weight excluding hydrogens is 446 g/mol. The Morgan fingerprint density at radius 3 is 2.21 bits per heavy atom. The van der Waals surface area contributed by atoms with Crippen LogP contribution < -0.4 is 10.6 Å². The fourth-order valence-corrected chi connectivity index (χ4v) is 3.66. The first-order chi connectivity index (χ1) is 15.7. The quantitative estimate of drug-likeness (QED) is 0.625. The normalized spacial score (nSPS) is 16.5. The maximum absolute atomic E-state index is 12.7. The molecule has 0 bridgehead atoms. The third-order valence-electron chi connectivity index (χ3n) is 5.27. The molecule has 8 nitrogen and oxygen atoms in total. The van der Waals surface area contributed by atoms with Crippen molar-refractivity contribution in [2.75, 3.05) is 23.7 Å². The summed E-state index contributed by atoms with van der Waals surface area (Å²) in [6, 6.07) is 13.2. The van der Waals surface area contributed by atoms with Gasteiger partial charge in [-0.1, -0.05) is 11.6 Å². The third-order valence-corrected chi connectivity index (χ3v) is 5.52. The highest BCUT2D eigenvalue weighted by atomic mass is 35.5. The first kappa shape index (κ1) is 24.3. The van der Waals surface area contributed by atoms with Gasteiger partial charge in [0.2, 0.25) is 5.91 Å². The smallest absolute Gasteiger partial charge is 0.311 e. The third kappa shape index (κ3) is 6.79. The second-order valence-corrected chi connectivity index (χ2v) is 8.36. The Labute approximate surface area is 197 Å². The molecule has 0 aromatic heterocycles. The highest BCUT2D eigenvalue weighted by Crippen LogP contribution is 2.22. The number of ether oxygens (including phenoxy) is 1. The predicted octanol–water partition coefficient (Wildman–Crippen LogP) is 3.72. The number of hydrogen-bond acceptors (Lipinski definition) is 5. The maximum Gasteiger partial charge on any atom is 0.311 e. The number of nitrogens with one attached hydrogen (secondary N) is 2. The first-order valence-corrected chi connectivity index (χ1v) is 11.0. The van der Waals surface area contributed by atoms with Crippen LogP contribution in [0.4, 0.5) is 11.4 Å². The van der Waals surface area contributed by atoms with Gasteiger partial charge in [-0.25, -0.2) is 0 Å². The van der Waals surface area contributed by atoms with E-state index in [1.165, 1.54) is 13.8 Å². The van der Waals surface area contributed by atoms with Crippen molar-refractivity contribution in [1.82, 2.24) is 4.90 Å². The molecular formula is C24H26ClN3O5. The van der Waals surface area contributed by atoms with Gasteiger partial charge in [0.15, 0.2) is 6.10 Å². The molecule has 174 valence electrons. The molecule has 2 N–H and O–H groups in total. The van der Waals surface area contributed by atoms with E-state index in [2.05, 4.69) is 10.6 Å². The van der Waals surface area contributed by atoms with Crippen LogP contribution in [0.15, 0.2) is 48.5 Å². The van der Waals surface area contributed by atoms with Crippen molar-refractivity contribution in [3.05, 3.63) is 59.1 Å². The Morgan fingerprint density at radius 1 is 1.00 bits per heavy atom. The minimum Gasteiger partial charge on any atom is -0.452 e. The van der Waals surface area contributed by atoms with E-state index >= 15 is 0 Å². The van der Waals surface area contributed by atoms with Crippen molar-refractivity contribution in [1.29, 1.82) is 0 Å². The van der Waals surface area contributed by atoms with Crippen LogP contribution in [0.2, 0.25) is 5.02 Å². The molecule has 1 saturated heterocycles. The lowest BCUT2D eigenvalue weighted by Gasteiger charge is -2.32. The summed E-state index contributed by atoms with van der Waals surface area (Å²) in [7, 11) is 0. The summed E-state index contributed by atoms with van der Waals surface area (Å²) in [5.41, 5.74) is 1.62. The second-order valence-electron chi connectivity index (χ2n) is 7.92. The number of halogens is 1. The summed E-state index contributed by atoms with van der Waals surface area (Å²) in [5.74, 6) is -1.84. The summed E-state index contributed by atoms with van der Waals surface area (Å²) >= 11 is 5.88. The number of esters is 1. The number of nitrogens with zero attached hydrogens (tertiary/aromatic N) is 1. The number of likely N-dealkylation sites (tertiary alicyclic amines) is 1. The molecule has 2 aromatic rings. The van der Waals surface area contributed by atoms with Crippen molar-refractivity contribution in [2.45, 2.75) is 32.8 Å². The highest BCUT2D eigenvalue weighted by Gasteiger charge is 2.31. The molecule has 0 saturated carbocycles.